The zero-order chi connectivity index (χ0) is 22.7. The molecule has 14 heteroatoms. The highest BCUT2D eigenvalue weighted by molar-refractivity contribution is 5.94. The number of aliphatic hydroxyl groups excluding tert-OH is 1. The normalized spacial score (nSPS) is 14.6. The maximum absolute atomic E-state index is 12.1. The van der Waals surface area contributed by atoms with Crippen LogP contribution in [0.1, 0.15) is 26.2 Å². The molecule has 10 N–H and O–H groups in total. The van der Waals surface area contributed by atoms with Gasteiger partial charge < -0.3 is 42.7 Å². The first-order chi connectivity index (χ1) is 13.3. The molecule has 29 heavy (non-hydrogen) atoms. The van der Waals surface area contributed by atoms with Crippen molar-refractivity contribution in [2.24, 2.45) is 11.5 Å². The Labute approximate surface area is 165 Å². The van der Waals surface area contributed by atoms with Gasteiger partial charge >= 0.3 is 11.9 Å². The van der Waals surface area contributed by atoms with Crippen LogP contribution in [0, 0.1) is 0 Å². The first kappa shape index (κ1) is 25.7. The summed E-state index contributed by atoms with van der Waals surface area (Å²) in [6.07, 6.45) is -2.65. The number of carbonyl (C=O) groups excluding carboxylic acids is 4. The molecule has 0 spiro atoms. The summed E-state index contributed by atoms with van der Waals surface area (Å²) in [6.45, 7) is 0.492. The first-order valence-corrected chi connectivity index (χ1v) is 8.39. The third-order valence-electron chi connectivity index (χ3n) is 3.57. The van der Waals surface area contributed by atoms with Crippen molar-refractivity contribution in [2.45, 2.75) is 50.4 Å². The van der Waals surface area contributed by atoms with E-state index in [1.54, 1.807) is 0 Å². The molecule has 4 atom stereocenters. The molecule has 0 heterocycles. The van der Waals surface area contributed by atoms with Gasteiger partial charge in [0.2, 0.25) is 23.6 Å². The van der Waals surface area contributed by atoms with Gasteiger partial charge in [-0.25, -0.2) is 4.79 Å². The van der Waals surface area contributed by atoms with E-state index >= 15 is 0 Å². The van der Waals surface area contributed by atoms with Crippen LogP contribution in [0.5, 0.6) is 0 Å². The van der Waals surface area contributed by atoms with Gasteiger partial charge in [0, 0.05) is 6.42 Å². The summed E-state index contributed by atoms with van der Waals surface area (Å²) in [7, 11) is 0. The highest BCUT2D eigenvalue weighted by Crippen LogP contribution is 1.98. The van der Waals surface area contributed by atoms with Gasteiger partial charge in [-0.15, -0.1) is 0 Å². The lowest BCUT2D eigenvalue weighted by atomic mass is 10.1. The summed E-state index contributed by atoms with van der Waals surface area (Å²) < 4.78 is 0. The van der Waals surface area contributed by atoms with Gasteiger partial charge in [-0.1, -0.05) is 0 Å². The van der Waals surface area contributed by atoms with Crippen LogP contribution in [0.3, 0.4) is 0 Å². The lowest BCUT2D eigenvalue weighted by Gasteiger charge is -2.20. The molecule has 4 unspecified atom stereocenters. The molecule has 0 aromatic carbocycles. The summed E-state index contributed by atoms with van der Waals surface area (Å²) in [4.78, 5) is 68.4. The molecule has 0 aliphatic heterocycles. The van der Waals surface area contributed by atoms with Crippen molar-refractivity contribution in [3.05, 3.63) is 0 Å². The van der Waals surface area contributed by atoms with Crippen LogP contribution in [-0.4, -0.2) is 81.7 Å². The Kier molecular flexibility index (Phi) is 10.9. The fourth-order valence-electron chi connectivity index (χ4n) is 1.95. The van der Waals surface area contributed by atoms with E-state index < -0.39 is 72.8 Å². The van der Waals surface area contributed by atoms with Gasteiger partial charge in [0.05, 0.1) is 19.1 Å². The van der Waals surface area contributed by atoms with E-state index in [1.807, 2.05) is 0 Å². The maximum atomic E-state index is 12.1. The highest BCUT2D eigenvalue weighted by atomic mass is 16.4. The number of primary amides is 1. The predicted molar refractivity (Wildman–Crippen MR) is 94.8 cm³/mol. The highest BCUT2D eigenvalue weighted by Gasteiger charge is 2.28. The van der Waals surface area contributed by atoms with E-state index in [1.165, 1.54) is 6.92 Å². The largest absolute Gasteiger partial charge is 0.481 e. The molecule has 0 aromatic heterocycles. The summed E-state index contributed by atoms with van der Waals surface area (Å²) in [5.74, 6) is -6.58. The first-order valence-electron chi connectivity index (χ1n) is 8.39. The van der Waals surface area contributed by atoms with Crippen LogP contribution < -0.4 is 27.4 Å². The molecule has 0 rings (SSSR count). The van der Waals surface area contributed by atoms with Gasteiger partial charge in [-0.3, -0.25) is 24.0 Å². The second kappa shape index (κ2) is 12.2. The van der Waals surface area contributed by atoms with Crippen LogP contribution in [0.25, 0.3) is 0 Å². The lowest BCUT2D eigenvalue weighted by molar-refractivity contribution is -0.143. The van der Waals surface area contributed by atoms with Crippen molar-refractivity contribution >= 4 is 35.6 Å². The number of carbonyl (C=O) groups is 6. The van der Waals surface area contributed by atoms with E-state index in [0.29, 0.717) is 0 Å². The fraction of sp³-hybridized carbons (Fsp3) is 0.600. The average molecular weight is 419 g/mol. The molecule has 0 saturated heterocycles. The Morgan fingerprint density at radius 1 is 0.966 bits per heavy atom. The number of amides is 4. The van der Waals surface area contributed by atoms with E-state index in [9.17, 15) is 33.9 Å². The van der Waals surface area contributed by atoms with E-state index in [-0.39, 0.29) is 12.8 Å². The molecular formula is C15H25N5O9. The van der Waals surface area contributed by atoms with E-state index in [2.05, 4.69) is 16.0 Å². The van der Waals surface area contributed by atoms with Gasteiger partial charge in [0.1, 0.15) is 18.1 Å². The minimum atomic E-state index is -1.59. The van der Waals surface area contributed by atoms with Crippen LogP contribution in [0.4, 0.5) is 0 Å². The summed E-state index contributed by atoms with van der Waals surface area (Å²) >= 11 is 0. The Balaban J connectivity index is 4.85. The summed E-state index contributed by atoms with van der Waals surface area (Å²) in [5, 5.41) is 33.3. The number of hydrogen-bond acceptors (Lipinski definition) is 8. The Morgan fingerprint density at radius 2 is 1.55 bits per heavy atom. The number of nitrogens with two attached hydrogens (primary N) is 2. The Hall–Kier alpha value is -3.26. The molecule has 0 saturated carbocycles. The van der Waals surface area contributed by atoms with Gasteiger partial charge in [0.15, 0.2) is 0 Å². The number of aliphatic carboxylic acids is 2. The van der Waals surface area contributed by atoms with Crippen molar-refractivity contribution in [3.63, 3.8) is 0 Å². The fourth-order valence-corrected chi connectivity index (χ4v) is 1.95. The third-order valence-corrected chi connectivity index (χ3v) is 3.57. The van der Waals surface area contributed by atoms with Crippen LogP contribution in [-0.2, 0) is 28.8 Å². The second-order valence-corrected chi connectivity index (χ2v) is 6.11. The molecule has 0 aliphatic carbocycles. The van der Waals surface area contributed by atoms with E-state index in [0.717, 1.165) is 0 Å². The number of hydrogen-bond donors (Lipinski definition) is 8. The van der Waals surface area contributed by atoms with Crippen LogP contribution in [0.15, 0.2) is 0 Å². The number of carboxylic acid groups (broad SMARTS) is 2. The lowest BCUT2D eigenvalue weighted by Crippen LogP contribution is -2.56. The van der Waals surface area contributed by atoms with Crippen molar-refractivity contribution in [2.75, 3.05) is 6.54 Å². The van der Waals surface area contributed by atoms with Gasteiger partial charge in [-0.05, 0) is 13.3 Å². The molecule has 4 amide bonds. The molecule has 164 valence electrons. The SMILES string of the molecule is CC(O)C(N)C(=O)NC(CC(=O)O)C(=O)NCC(=O)NC(CCC(N)=O)C(=O)O. The van der Waals surface area contributed by atoms with Gasteiger partial charge in [-0.2, -0.15) is 0 Å². The molecule has 14 nitrogen and oxygen atoms in total. The Bertz CT molecular complexity index is 652. The monoisotopic (exact) mass is 419 g/mol. The molecule has 0 aromatic rings. The molecular weight excluding hydrogens is 394 g/mol. The van der Waals surface area contributed by atoms with E-state index in [4.69, 9.17) is 21.7 Å². The van der Waals surface area contributed by atoms with Gasteiger partial charge in [0.25, 0.3) is 0 Å². The molecule has 0 radical (unpaired) electrons. The number of aliphatic hydroxyl groups is 1. The zero-order valence-corrected chi connectivity index (χ0v) is 15.6. The van der Waals surface area contributed by atoms with Crippen LogP contribution >= 0.6 is 0 Å². The standard InChI is InChI=1S/C15H25N5O9/c1-6(21)12(17)14(27)20-8(4-11(24)25)13(26)18-5-10(23)19-7(15(28)29)2-3-9(16)22/h6-8,12,21H,2-5,17H2,1H3,(H2,16,22)(H,18,26)(H,19,23)(H,20,27)(H,24,25)(H,28,29). The third kappa shape index (κ3) is 10.6. The van der Waals surface area contributed by atoms with Crippen LogP contribution in [0.2, 0.25) is 0 Å². The zero-order valence-electron chi connectivity index (χ0n) is 15.6. The predicted octanol–water partition coefficient (Wildman–Crippen LogP) is -4.39. The molecule has 0 bridgehead atoms. The number of carboxylic acids is 2. The summed E-state index contributed by atoms with van der Waals surface area (Å²) in [5.41, 5.74) is 10.3. The minimum Gasteiger partial charge on any atom is -0.481 e. The molecule has 0 aliphatic rings. The molecule has 0 fully saturated rings. The summed E-state index contributed by atoms with van der Waals surface area (Å²) in [6, 6.07) is -4.43. The van der Waals surface area contributed by atoms with Crippen molar-refractivity contribution in [3.8, 4) is 0 Å². The maximum Gasteiger partial charge on any atom is 0.326 e. The number of rotatable bonds is 13. The number of nitrogens with one attached hydrogen (secondary N) is 3. The van der Waals surface area contributed by atoms with Crippen molar-refractivity contribution in [1.82, 2.24) is 16.0 Å². The smallest absolute Gasteiger partial charge is 0.326 e. The average Bonchev–Trinajstić information content (AvgIpc) is 2.60. The minimum absolute atomic E-state index is 0.265. The Morgan fingerprint density at radius 3 is 2.00 bits per heavy atom. The quantitative estimate of drug-likeness (QED) is 0.142. The van der Waals surface area contributed by atoms with Crippen molar-refractivity contribution in [1.29, 1.82) is 0 Å². The second-order valence-electron chi connectivity index (χ2n) is 6.11. The topological polar surface area (TPSA) is 251 Å². The van der Waals surface area contributed by atoms with Crippen molar-refractivity contribution < 1.29 is 44.1 Å².